The summed E-state index contributed by atoms with van der Waals surface area (Å²) in [6, 6.07) is 0. The van der Waals surface area contributed by atoms with Crippen molar-refractivity contribution in [1.29, 1.82) is 0 Å². The number of carbonyl (C=O) groups excluding carboxylic acids is 2. The summed E-state index contributed by atoms with van der Waals surface area (Å²) in [5, 5.41) is 0. The molecule has 0 aromatic heterocycles. The van der Waals surface area contributed by atoms with E-state index in [4.69, 9.17) is 9.47 Å². The smallest absolute Gasteiger partial charge is 0.323 e. The first kappa shape index (κ1) is 11.4. The third kappa shape index (κ3) is 1.70. The number of ether oxygens (including phenoxy) is 2. The molecular formula is C12H18O4. The predicted molar refractivity (Wildman–Crippen MR) is 56.5 cm³/mol. The highest BCUT2D eigenvalue weighted by atomic mass is 16.6. The summed E-state index contributed by atoms with van der Waals surface area (Å²) in [5.41, 5.74) is -0.987. The molecule has 2 atom stereocenters. The van der Waals surface area contributed by atoms with Crippen LogP contribution in [0.15, 0.2) is 0 Å². The molecule has 2 aliphatic rings. The van der Waals surface area contributed by atoms with Crippen LogP contribution in [0.4, 0.5) is 0 Å². The Hall–Kier alpha value is -1.06. The van der Waals surface area contributed by atoms with Gasteiger partial charge in [0.25, 0.3) is 0 Å². The Bertz CT molecular complexity index is 280. The molecule has 4 nitrogen and oxygen atoms in total. The molecule has 16 heavy (non-hydrogen) atoms. The van der Waals surface area contributed by atoms with Crippen LogP contribution < -0.4 is 0 Å². The second kappa shape index (κ2) is 4.07. The molecule has 0 radical (unpaired) electrons. The Morgan fingerprint density at radius 1 is 1.06 bits per heavy atom. The van der Waals surface area contributed by atoms with Crippen molar-refractivity contribution in [2.45, 2.75) is 33.1 Å². The average Bonchev–Trinajstić information content (AvgIpc) is 2.87. The number of carbonyl (C=O) groups is 2. The lowest BCUT2D eigenvalue weighted by molar-refractivity contribution is -0.172. The zero-order valence-electron chi connectivity index (χ0n) is 9.82. The fourth-order valence-corrected chi connectivity index (χ4v) is 2.74. The van der Waals surface area contributed by atoms with Gasteiger partial charge in [-0.3, -0.25) is 9.59 Å². The second-order valence-corrected chi connectivity index (χ2v) is 4.69. The van der Waals surface area contributed by atoms with E-state index in [0.717, 1.165) is 6.42 Å². The van der Waals surface area contributed by atoms with Crippen LogP contribution in [0.25, 0.3) is 0 Å². The maximum absolute atomic E-state index is 11.9. The van der Waals surface area contributed by atoms with Crippen LogP contribution in [0, 0.1) is 17.3 Å². The summed E-state index contributed by atoms with van der Waals surface area (Å²) in [7, 11) is 0. The fourth-order valence-electron chi connectivity index (χ4n) is 2.74. The number of fused-ring (bicyclic) bond motifs is 1. The Balaban J connectivity index is 2.13. The molecule has 2 rings (SSSR count). The normalized spacial score (nSPS) is 29.4. The first-order chi connectivity index (χ1) is 7.64. The van der Waals surface area contributed by atoms with Gasteiger partial charge in [0.15, 0.2) is 5.41 Å². The molecule has 0 saturated heterocycles. The highest BCUT2D eigenvalue weighted by Gasteiger charge is 2.62. The molecule has 0 spiro atoms. The van der Waals surface area contributed by atoms with Crippen LogP contribution in [0.2, 0.25) is 0 Å². The lowest BCUT2D eigenvalue weighted by atomic mass is 9.83. The minimum Gasteiger partial charge on any atom is -0.465 e. The van der Waals surface area contributed by atoms with Crippen molar-refractivity contribution >= 4 is 11.9 Å². The lowest BCUT2D eigenvalue weighted by Crippen LogP contribution is -2.41. The molecule has 90 valence electrons. The van der Waals surface area contributed by atoms with Gasteiger partial charge in [-0.05, 0) is 44.9 Å². The molecule has 2 unspecified atom stereocenters. The third-order valence-electron chi connectivity index (χ3n) is 3.62. The van der Waals surface area contributed by atoms with Crippen molar-refractivity contribution in [3.8, 4) is 0 Å². The molecule has 0 aliphatic heterocycles. The molecule has 0 bridgehead atoms. The molecule has 2 saturated carbocycles. The van der Waals surface area contributed by atoms with Gasteiger partial charge in [-0.2, -0.15) is 0 Å². The van der Waals surface area contributed by atoms with Gasteiger partial charge in [-0.1, -0.05) is 0 Å². The molecule has 0 aromatic carbocycles. The minimum atomic E-state index is -0.987. The van der Waals surface area contributed by atoms with Crippen molar-refractivity contribution in [3.05, 3.63) is 0 Å². The highest BCUT2D eigenvalue weighted by Crippen LogP contribution is 2.60. The van der Waals surface area contributed by atoms with Crippen molar-refractivity contribution in [1.82, 2.24) is 0 Å². The fraction of sp³-hybridized carbons (Fsp3) is 0.833. The van der Waals surface area contributed by atoms with Crippen LogP contribution >= 0.6 is 0 Å². The van der Waals surface area contributed by atoms with Crippen molar-refractivity contribution in [3.63, 3.8) is 0 Å². The van der Waals surface area contributed by atoms with Crippen LogP contribution in [0.3, 0.4) is 0 Å². The van der Waals surface area contributed by atoms with Crippen LogP contribution in [-0.2, 0) is 19.1 Å². The van der Waals surface area contributed by atoms with E-state index in [1.54, 1.807) is 13.8 Å². The first-order valence-electron chi connectivity index (χ1n) is 5.98. The van der Waals surface area contributed by atoms with Gasteiger partial charge in [0, 0.05) is 0 Å². The van der Waals surface area contributed by atoms with Crippen LogP contribution in [0.5, 0.6) is 0 Å². The Kier molecular flexibility index (Phi) is 2.91. The maximum Gasteiger partial charge on any atom is 0.323 e. The summed E-state index contributed by atoms with van der Waals surface area (Å²) in [4.78, 5) is 23.9. The molecule has 0 heterocycles. The summed E-state index contributed by atoms with van der Waals surface area (Å²) in [6.07, 6.45) is 2.39. The molecule has 4 heteroatoms. The number of hydrogen-bond acceptors (Lipinski definition) is 4. The number of rotatable bonds is 4. The van der Waals surface area contributed by atoms with Crippen LogP contribution in [0.1, 0.15) is 33.1 Å². The first-order valence-corrected chi connectivity index (χ1v) is 5.98. The maximum atomic E-state index is 11.9. The molecule has 0 aromatic rings. The highest BCUT2D eigenvalue weighted by molar-refractivity contribution is 6.00. The van der Waals surface area contributed by atoms with Gasteiger partial charge in [-0.15, -0.1) is 0 Å². The molecule has 0 amide bonds. The van der Waals surface area contributed by atoms with E-state index < -0.39 is 5.41 Å². The largest absolute Gasteiger partial charge is 0.465 e. The quantitative estimate of drug-likeness (QED) is 0.539. The topological polar surface area (TPSA) is 52.6 Å². The van der Waals surface area contributed by atoms with E-state index in [1.807, 2.05) is 0 Å². The Morgan fingerprint density at radius 2 is 1.50 bits per heavy atom. The predicted octanol–water partition coefficient (Wildman–Crippen LogP) is 1.53. The average molecular weight is 226 g/mol. The summed E-state index contributed by atoms with van der Waals surface area (Å²) in [5.74, 6) is 0.295. The van der Waals surface area contributed by atoms with E-state index in [0.29, 0.717) is 37.9 Å². The Morgan fingerprint density at radius 3 is 1.88 bits per heavy atom. The van der Waals surface area contributed by atoms with Gasteiger partial charge in [0.1, 0.15) is 0 Å². The van der Waals surface area contributed by atoms with Crippen molar-refractivity contribution in [2.24, 2.45) is 17.3 Å². The van der Waals surface area contributed by atoms with Crippen molar-refractivity contribution in [2.75, 3.05) is 13.2 Å². The van der Waals surface area contributed by atoms with Crippen LogP contribution in [-0.4, -0.2) is 25.2 Å². The summed E-state index contributed by atoms with van der Waals surface area (Å²) >= 11 is 0. The number of hydrogen-bond donors (Lipinski definition) is 0. The van der Waals surface area contributed by atoms with E-state index in [-0.39, 0.29) is 11.9 Å². The third-order valence-corrected chi connectivity index (χ3v) is 3.62. The van der Waals surface area contributed by atoms with Gasteiger partial charge < -0.3 is 9.47 Å². The van der Waals surface area contributed by atoms with Gasteiger partial charge in [0.2, 0.25) is 0 Å². The van der Waals surface area contributed by atoms with E-state index in [1.165, 1.54) is 0 Å². The zero-order valence-corrected chi connectivity index (χ0v) is 9.82. The SMILES string of the molecule is CCOC(=O)C1(C(=O)OCC)CC2CC2C1. The zero-order chi connectivity index (χ0) is 11.8. The summed E-state index contributed by atoms with van der Waals surface area (Å²) in [6.45, 7) is 4.14. The van der Waals surface area contributed by atoms with E-state index in [2.05, 4.69) is 0 Å². The van der Waals surface area contributed by atoms with E-state index in [9.17, 15) is 9.59 Å². The Labute approximate surface area is 95.3 Å². The number of esters is 2. The van der Waals surface area contributed by atoms with Gasteiger partial charge in [0.05, 0.1) is 13.2 Å². The minimum absolute atomic E-state index is 0.315. The van der Waals surface area contributed by atoms with E-state index >= 15 is 0 Å². The van der Waals surface area contributed by atoms with Gasteiger partial charge in [-0.25, -0.2) is 0 Å². The van der Waals surface area contributed by atoms with Gasteiger partial charge >= 0.3 is 11.9 Å². The molecule has 0 N–H and O–H groups in total. The second-order valence-electron chi connectivity index (χ2n) is 4.69. The molecule has 2 fully saturated rings. The monoisotopic (exact) mass is 226 g/mol. The standard InChI is InChI=1S/C12H18O4/c1-3-15-10(13)12(11(14)16-4-2)6-8-5-9(8)7-12/h8-9H,3-7H2,1-2H3. The lowest BCUT2D eigenvalue weighted by Gasteiger charge is -2.25. The summed E-state index contributed by atoms with van der Waals surface area (Å²) < 4.78 is 10.1. The molecule has 2 aliphatic carbocycles. The van der Waals surface area contributed by atoms with Crippen molar-refractivity contribution < 1.29 is 19.1 Å². The molecular weight excluding hydrogens is 208 g/mol.